The van der Waals surface area contributed by atoms with E-state index < -0.39 is 49.0 Å². The van der Waals surface area contributed by atoms with E-state index in [1.54, 1.807) is 48.3 Å². The molecule has 1 aromatic heterocycles. The molecule has 0 spiro atoms. The average Bonchev–Trinajstić information content (AvgIpc) is 3.36. The predicted molar refractivity (Wildman–Crippen MR) is 207 cm³/mol. The molecule has 55 heavy (non-hydrogen) atoms. The van der Waals surface area contributed by atoms with Gasteiger partial charge in [-0.3, -0.25) is 13.5 Å². The number of anilines is 1. The Morgan fingerprint density at radius 2 is 1.60 bits per heavy atom. The third-order valence-electron chi connectivity index (χ3n) is 10.2. The Morgan fingerprint density at radius 1 is 0.891 bits per heavy atom. The van der Waals surface area contributed by atoms with Crippen molar-refractivity contribution in [3.8, 4) is 0 Å². The Bertz CT molecular complexity index is 2210. The van der Waals surface area contributed by atoms with E-state index in [1.807, 2.05) is 16.7 Å². The van der Waals surface area contributed by atoms with Crippen molar-refractivity contribution in [2.24, 2.45) is 0 Å². The molecule has 3 aromatic rings. The fourth-order valence-electron chi connectivity index (χ4n) is 7.16. The number of carboxylic acids is 1. The molecule has 1 aliphatic rings. The second-order valence-corrected chi connectivity index (χ2v) is 17.5. The largest absolute Gasteiger partial charge is 0.481 e. The van der Waals surface area contributed by atoms with Crippen molar-refractivity contribution in [3.05, 3.63) is 100 Å². The molecule has 2 heterocycles. The number of hydrogen-bond donors (Lipinski definition) is 2. The van der Waals surface area contributed by atoms with E-state index in [0.717, 1.165) is 18.3 Å². The zero-order valence-electron chi connectivity index (χ0n) is 31.7. The first-order chi connectivity index (χ1) is 25.9. The van der Waals surface area contributed by atoms with Crippen LogP contribution in [-0.2, 0) is 41.2 Å². The van der Waals surface area contributed by atoms with E-state index in [4.69, 9.17) is 5.11 Å². The molecule has 0 amide bonds. The smallest absolute Gasteiger partial charge is 0.303 e. The van der Waals surface area contributed by atoms with Gasteiger partial charge in [0.05, 0.1) is 24.3 Å². The highest BCUT2D eigenvalue weighted by atomic mass is 32.2. The minimum atomic E-state index is -4.22. The molecule has 300 valence electrons. The van der Waals surface area contributed by atoms with Crippen LogP contribution in [0.15, 0.2) is 60.3 Å². The SMILES string of the molecule is COS(=O)(=O)CCCC[n+]1c(/C=C/C=C/C=C2/N(CCCCCC(=O)O)c3c(F)c(C)c(C)c(F)c3C2(C)CCCCS(=O)(=O)O)ccc2cc(F)ccc21. The lowest BCUT2D eigenvalue weighted by Gasteiger charge is -2.30. The molecule has 1 unspecified atom stereocenters. The third-order valence-corrected chi connectivity index (χ3v) is 12.3. The quantitative estimate of drug-likeness (QED) is 0.0384. The minimum Gasteiger partial charge on any atom is -0.481 e. The first kappa shape index (κ1) is 43.7. The molecule has 2 N–H and O–H groups in total. The number of pyridine rings is 1. The Hall–Kier alpha value is -4.05. The van der Waals surface area contributed by atoms with Crippen LogP contribution in [0.2, 0.25) is 0 Å². The molecule has 2 aromatic carbocycles. The zero-order chi connectivity index (χ0) is 40.6. The molecular weight excluding hydrogens is 758 g/mol. The van der Waals surface area contributed by atoms with Crippen molar-refractivity contribution >= 4 is 48.9 Å². The molecule has 0 radical (unpaired) electrons. The van der Waals surface area contributed by atoms with Crippen LogP contribution in [0.5, 0.6) is 0 Å². The maximum atomic E-state index is 16.3. The van der Waals surface area contributed by atoms with Gasteiger partial charge in [-0.2, -0.15) is 21.4 Å². The number of carbonyl (C=O) groups is 1. The van der Waals surface area contributed by atoms with Crippen LogP contribution in [0, 0.1) is 31.3 Å². The van der Waals surface area contributed by atoms with Crippen molar-refractivity contribution in [2.75, 3.05) is 30.1 Å². The fourth-order valence-corrected chi connectivity index (χ4v) is 8.45. The summed E-state index contributed by atoms with van der Waals surface area (Å²) in [6.45, 7) is 5.57. The number of fused-ring (bicyclic) bond motifs is 2. The maximum absolute atomic E-state index is 16.3. The van der Waals surface area contributed by atoms with Gasteiger partial charge in [0.1, 0.15) is 18.2 Å². The van der Waals surface area contributed by atoms with Gasteiger partial charge in [-0.1, -0.05) is 31.1 Å². The maximum Gasteiger partial charge on any atom is 0.303 e. The van der Waals surface area contributed by atoms with Crippen LogP contribution in [-0.4, -0.2) is 57.6 Å². The summed E-state index contributed by atoms with van der Waals surface area (Å²) in [7, 11) is -6.71. The van der Waals surface area contributed by atoms with Gasteiger partial charge in [0.2, 0.25) is 11.2 Å². The van der Waals surface area contributed by atoms with Gasteiger partial charge in [0.15, 0.2) is 5.82 Å². The molecule has 0 saturated heterocycles. The van der Waals surface area contributed by atoms with Crippen LogP contribution in [0.3, 0.4) is 0 Å². The van der Waals surface area contributed by atoms with E-state index in [2.05, 4.69) is 4.18 Å². The van der Waals surface area contributed by atoms with Crippen molar-refractivity contribution < 1.29 is 53.2 Å². The lowest BCUT2D eigenvalue weighted by molar-refractivity contribution is -0.673. The molecular formula is C40H50F3N2O8S2+. The average molecular weight is 808 g/mol. The molecule has 0 aliphatic carbocycles. The van der Waals surface area contributed by atoms with E-state index in [0.29, 0.717) is 56.2 Å². The number of aryl methyl sites for hydroxylation is 1. The molecule has 1 aliphatic heterocycles. The van der Waals surface area contributed by atoms with E-state index in [9.17, 15) is 30.6 Å². The number of aromatic nitrogens is 1. The van der Waals surface area contributed by atoms with Crippen LogP contribution < -0.4 is 9.47 Å². The number of benzene rings is 2. The van der Waals surface area contributed by atoms with Crippen LogP contribution >= 0.6 is 0 Å². The van der Waals surface area contributed by atoms with Gasteiger partial charge in [-0.15, -0.1) is 0 Å². The van der Waals surface area contributed by atoms with Crippen molar-refractivity contribution in [1.82, 2.24) is 0 Å². The lowest BCUT2D eigenvalue weighted by Crippen LogP contribution is -2.38. The number of hydrogen-bond acceptors (Lipinski definition) is 7. The summed E-state index contributed by atoms with van der Waals surface area (Å²) in [5, 5.41) is 9.77. The lowest BCUT2D eigenvalue weighted by atomic mass is 9.76. The molecule has 0 fully saturated rings. The summed E-state index contributed by atoms with van der Waals surface area (Å²) in [6.07, 6.45) is 11.9. The van der Waals surface area contributed by atoms with Gasteiger partial charge in [0.25, 0.3) is 20.2 Å². The minimum absolute atomic E-state index is 0.00898. The Morgan fingerprint density at radius 3 is 2.29 bits per heavy atom. The summed E-state index contributed by atoms with van der Waals surface area (Å²) in [5.74, 6) is -3.01. The third kappa shape index (κ3) is 11.0. The molecule has 10 nitrogen and oxygen atoms in total. The second kappa shape index (κ2) is 18.7. The normalized spacial score (nSPS) is 17.0. The van der Waals surface area contributed by atoms with Crippen LogP contribution in [0.25, 0.3) is 17.0 Å². The standard InChI is InChI=1S/C40H49F3N2O8S2/c1-28-29(2)38(43)39-36(37(28)42)40(3,22-10-13-25-54(48,49)50)34(45(39)24-11-6-9-17-35(46)47)16-8-5-7-15-32-20-18-30-27-31(41)19-21-33(30)44(32)23-12-14-26-55(51,52)53-4/h5,7-8,15-16,18-21,27H,6,9-14,17,22-26H2,1-4H3,(H-,46,47,48,49,50)/p+1. The van der Waals surface area contributed by atoms with Crippen molar-refractivity contribution in [3.63, 3.8) is 0 Å². The van der Waals surface area contributed by atoms with Crippen molar-refractivity contribution in [2.45, 2.75) is 90.5 Å². The second-order valence-electron chi connectivity index (χ2n) is 14.1. The molecule has 1 atom stereocenters. The number of aliphatic carboxylic acids is 1. The van der Waals surface area contributed by atoms with Gasteiger partial charge < -0.3 is 10.0 Å². The number of rotatable bonds is 20. The Balaban J connectivity index is 1.71. The van der Waals surface area contributed by atoms with Gasteiger partial charge in [-0.25, -0.2) is 13.2 Å². The first-order valence-electron chi connectivity index (χ1n) is 18.3. The number of allylic oxidation sites excluding steroid dienone is 5. The Kier molecular flexibility index (Phi) is 14.9. The number of carboxylic acid groups (broad SMARTS) is 1. The predicted octanol–water partition coefficient (Wildman–Crippen LogP) is 7.85. The monoisotopic (exact) mass is 807 g/mol. The fraction of sp³-hybridized carbons (Fsp3) is 0.450. The zero-order valence-corrected chi connectivity index (χ0v) is 33.3. The Labute approximate surface area is 321 Å². The topological polar surface area (TPSA) is 142 Å². The van der Waals surface area contributed by atoms with Gasteiger partial charge in [0, 0.05) is 59.7 Å². The van der Waals surface area contributed by atoms with Crippen molar-refractivity contribution in [1.29, 1.82) is 0 Å². The number of halogens is 3. The summed E-state index contributed by atoms with van der Waals surface area (Å²) >= 11 is 0. The number of nitrogens with zero attached hydrogens (tertiary/aromatic N) is 2. The summed E-state index contributed by atoms with van der Waals surface area (Å²) in [4.78, 5) is 12.8. The number of unbranched alkanes of at least 4 members (excludes halogenated alkanes) is 4. The van der Waals surface area contributed by atoms with E-state index >= 15 is 8.78 Å². The molecule has 4 rings (SSSR count). The summed E-state index contributed by atoms with van der Waals surface area (Å²) in [6, 6.07) is 8.07. The van der Waals surface area contributed by atoms with E-state index in [-0.39, 0.29) is 59.8 Å². The first-order valence-corrected chi connectivity index (χ1v) is 21.5. The van der Waals surface area contributed by atoms with E-state index in [1.165, 1.54) is 26.0 Å². The van der Waals surface area contributed by atoms with Gasteiger partial charge >= 0.3 is 5.97 Å². The van der Waals surface area contributed by atoms with Crippen LogP contribution in [0.1, 0.15) is 87.1 Å². The highest BCUT2D eigenvalue weighted by molar-refractivity contribution is 7.86. The molecule has 15 heteroatoms. The summed E-state index contributed by atoms with van der Waals surface area (Å²) < 4.78 is 109. The summed E-state index contributed by atoms with van der Waals surface area (Å²) in [5.41, 5.74) is 1.66. The van der Waals surface area contributed by atoms with Gasteiger partial charge in [-0.05, 0) is 88.3 Å². The van der Waals surface area contributed by atoms with Crippen LogP contribution in [0.4, 0.5) is 18.9 Å². The molecule has 0 bridgehead atoms. The highest BCUT2D eigenvalue weighted by Gasteiger charge is 2.47. The molecule has 0 saturated carbocycles. The highest BCUT2D eigenvalue weighted by Crippen LogP contribution is 2.54.